The van der Waals surface area contributed by atoms with Crippen LogP contribution in [0.4, 0.5) is 0 Å². The van der Waals surface area contributed by atoms with E-state index in [-0.39, 0.29) is 5.92 Å². The molecule has 0 saturated carbocycles. The molecule has 0 fully saturated rings. The van der Waals surface area contributed by atoms with Crippen molar-refractivity contribution in [1.29, 1.82) is 0 Å². The van der Waals surface area contributed by atoms with Crippen LogP contribution in [0.1, 0.15) is 24.8 Å². The molecule has 3 heteroatoms. The van der Waals surface area contributed by atoms with E-state index in [1.807, 2.05) is 19.1 Å². The third-order valence-electron chi connectivity index (χ3n) is 2.11. The maximum atomic E-state index is 8.55. The molecule has 0 saturated heterocycles. The Morgan fingerprint density at radius 1 is 1.43 bits per heavy atom. The molecule has 0 aliphatic carbocycles. The van der Waals surface area contributed by atoms with E-state index in [0.717, 1.165) is 18.2 Å². The normalized spacial score (nSPS) is 13.4. The minimum absolute atomic E-state index is 0.254. The van der Waals surface area contributed by atoms with Gasteiger partial charge in [-0.15, -0.1) is 0 Å². The summed E-state index contributed by atoms with van der Waals surface area (Å²) >= 11 is 11.9. The van der Waals surface area contributed by atoms with Crippen LogP contribution in [0.2, 0.25) is 10.0 Å². The zero-order valence-electron chi connectivity index (χ0n) is 7.87. The lowest BCUT2D eigenvalue weighted by Gasteiger charge is -2.11. The van der Waals surface area contributed by atoms with Crippen LogP contribution in [-0.2, 0) is 0 Å². The van der Waals surface area contributed by atoms with Gasteiger partial charge in [-0.05, 0) is 30.0 Å². The van der Waals surface area contributed by atoms with Gasteiger partial charge in [-0.3, -0.25) is 0 Å². The van der Waals surface area contributed by atoms with Crippen molar-refractivity contribution in [3.05, 3.63) is 46.1 Å². The summed E-state index contributed by atoms with van der Waals surface area (Å²) in [6, 6.07) is 5.59. The second-order valence-electron chi connectivity index (χ2n) is 3.16. The predicted molar refractivity (Wildman–Crippen MR) is 61.3 cm³/mol. The maximum absolute atomic E-state index is 8.55. The van der Waals surface area contributed by atoms with Crippen molar-refractivity contribution in [1.82, 2.24) is 0 Å². The van der Waals surface area contributed by atoms with Crippen LogP contribution in [0, 0.1) is 0 Å². The first-order chi connectivity index (χ1) is 6.66. The summed E-state index contributed by atoms with van der Waals surface area (Å²) in [5, 5.41) is 9.72. The van der Waals surface area contributed by atoms with Crippen LogP contribution in [0.15, 0.2) is 30.5 Å². The van der Waals surface area contributed by atoms with Gasteiger partial charge in [0.1, 0.15) is 0 Å². The van der Waals surface area contributed by atoms with Crippen LogP contribution in [0.25, 0.3) is 0 Å². The monoisotopic (exact) mass is 230 g/mol. The molecule has 0 radical (unpaired) electrons. The molecule has 1 nitrogen and oxygen atoms in total. The highest BCUT2D eigenvalue weighted by Gasteiger charge is 2.10. The van der Waals surface area contributed by atoms with Gasteiger partial charge in [0, 0.05) is 0 Å². The van der Waals surface area contributed by atoms with E-state index in [1.165, 1.54) is 0 Å². The number of halogens is 2. The first kappa shape index (κ1) is 11.4. The molecule has 1 N–H and O–H groups in total. The molecule has 1 unspecified atom stereocenters. The lowest BCUT2D eigenvalue weighted by Crippen LogP contribution is -1.93. The number of aliphatic hydroxyl groups is 1. The Kier molecular flexibility index (Phi) is 4.30. The quantitative estimate of drug-likeness (QED) is 0.756. The zero-order chi connectivity index (χ0) is 10.6. The highest BCUT2D eigenvalue weighted by atomic mass is 35.5. The molecule has 1 aromatic rings. The van der Waals surface area contributed by atoms with E-state index in [0.29, 0.717) is 10.0 Å². The van der Waals surface area contributed by atoms with Crippen molar-refractivity contribution in [3.63, 3.8) is 0 Å². The second-order valence-corrected chi connectivity index (χ2v) is 3.95. The molecule has 76 valence electrons. The Morgan fingerprint density at radius 3 is 2.79 bits per heavy atom. The Balaban J connectivity index is 2.89. The second kappa shape index (κ2) is 5.28. The van der Waals surface area contributed by atoms with E-state index >= 15 is 0 Å². The molecule has 14 heavy (non-hydrogen) atoms. The third kappa shape index (κ3) is 2.66. The predicted octanol–water partition coefficient (Wildman–Crippen LogP) is 4.56. The summed E-state index contributed by atoms with van der Waals surface area (Å²) in [6.45, 7) is 2.04. The van der Waals surface area contributed by atoms with Gasteiger partial charge in [-0.2, -0.15) is 0 Å². The molecule has 0 aromatic heterocycles. The van der Waals surface area contributed by atoms with Gasteiger partial charge in [0.15, 0.2) is 0 Å². The van der Waals surface area contributed by atoms with Gasteiger partial charge < -0.3 is 5.11 Å². The minimum atomic E-state index is 0.254. The summed E-state index contributed by atoms with van der Waals surface area (Å²) in [6.07, 6.45) is 3.49. The number of hydrogen-bond donors (Lipinski definition) is 1. The van der Waals surface area contributed by atoms with E-state index in [9.17, 15) is 0 Å². The van der Waals surface area contributed by atoms with Crippen molar-refractivity contribution < 1.29 is 5.11 Å². The van der Waals surface area contributed by atoms with E-state index in [2.05, 4.69) is 0 Å². The number of benzene rings is 1. The highest BCUT2D eigenvalue weighted by molar-refractivity contribution is 6.42. The maximum Gasteiger partial charge on any atom is 0.0751 e. The lowest BCUT2D eigenvalue weighted by atomic mass is 9.98. The Hall–Kier alpha value is -0.660. The van der Waals surface area contributed by atoms with E-state index in [4.69, 9.17) is 28.3 Å². The molecular weight excluding hydrogens is 219 g/mol. The van der Waals surface area contributed by atoms with Crippen LogP contribution in [0.5, 0.6) is 0 Å². The third-order valence-corrected chi connectivity index (χ3v) is 2.94. The molecule has 0 bridgehead atoms. The number of aliphatic hydroxyl groups excluding tert-OH is 1. The van der Waals surface area contributed by atoms with Gasteiger partial charge in [-0.25, -0.2) is 0 Å². The number of hydrogen-bond acceptors (Lipinski definition) is 1. The summed E-state index contributed by atoms with van der Waals surface area (Å²) < 4.78 is 0. The van der Waals surface area contributed by atoms with E-state index < -0.39 is 0 Å². The largest absolute Gasteiger partial charge is 0.516 e. The lowest BCUT2D eigenvalue weighted by molar-refractivity contribution is 0.469. The smallest absolute Gasteiger partial charge is 0.0751 e. The fourth-order valence-electron chi connectivity index (χ4n) is 1.29. The van der Waals surface area contributed by atoms with Crippen molar-refractivity contribution in [2.45, 2.75) is 19.3 Å². The molecule has 0 heterocycles. The molecule has 0 aliphatic rings. The summed E-state index contributed by atoms with van der Waals surface area (Å²) in [7, 11) is 0. The number of allylic oxidation sites excluding steroid dienone is 1. The summed E-state index contributed by atoms with van der Waals surface area (Å²) in [4.78, 5) is 0. The number of rotatable bonds is 3. The Labute approximate surface area is 94.0 Å². The summed E-state index contributed by atoms with van der Waals surface area (Å²) in [5.41, 5.74) is 1.01. The summed E-state index contributed by atoms with van der Waals surface area (Å²) in [5.74, 6) is 0.254. The van der Waals surface area contributed by atoms with Crippen LogP contribution in [-0.4, -0.2) is 5.11 Å². The average Bonchev–Trinajstić information content (AvgIpc) is 2.18. The fourth-order valence-corrected chi connectivity index (χ4v) is 1.79. The van der Waals surface area contributed by atoms with Crippen molar-refractivity contribution in [2.75, 3.05) is 0 Å². The highest BCUT2D eigenvalue weighted by Crippen LogP contribution is 2.32. The van der Waals surface area contributed by atoms with Crippen molar-refractivity contribution >= 4 is 23.2 Å². The first-order valence-electron chi connectivity index (χ1n) is 4.40. The van der Waals surface area contributed by atoms with Crippen molar-refractivity contribution in [3.8, 4) is 0 Å². The standard InChI is InChI=1S/C11H12Cl2O/c1-8(4-3-7-14)9-5-2-6-10(12)11(9)13/h2-3,5-8,14H,4H2,1H3. The molecule has 0 aliphatic heterocycles. The van der Waals surface area contributed by atoms with Crippen LogP contribution in [0.3, 0.4) is 0 Å². The topological polar surface area (TPSA) is 20.2 Å². The van der Waals surface area contributed by atoms with Gasteiger partial charge in [0.05, 0.1) is 16.3 Å². The zero-order valence-corrected chi connectivity index (χ0v) is 9.39. The van der Waals surface area contributed by atoms with Gasteiger partial charge in [-0.1, -0.05) is 42.3 Å². The Morgan fingerprint density at radius 2 is 2.14 bits per heavy atom. The average molecular weight is 231 g/mol. The molecule has 1 rings (SSSR count). The molecular formula is C11H12Cl2O. The van der Waals surface area contributed by atoms with Crippen LogP contribution < -0.4 is 0 Å². The fraction of sp³-hybridized carbons (Fsp3) is 0.273. The first-order valence-corrected chi connectivity index (χ1v) is 5.15. The van der Waals surface area contributed by atoms with Gasteiger partial charge in [0.25, 0.3) is 0 Å². The molecule has 0 spiro atoms. The molecule has 1 aromatic carbocycles. The minimum Gasteiger partial charge on any atom is -0.516 e. The molecule has 0 amide bonds. The van der Waals surface area contributed by atoms with Gasteiger partial charge >= 0.3 is 0 Å². The van der Waals surface area contributed by atoms with E-state index in [1.54, 1.807) is 12.1 Å². The molecule has 1 atom stereocenters. The van der Waals surface area contributed by atoms with Crippen LogP contribution >= 0.6 is 23.2 Å². The van der Waals surface area contributed by atoms with Gasteiger partial charge in [0.2, 0.25) is 0 Å². The Bertz CT molecular complexity index is 334. The SMILES string of the molecule is CC(CC=CO)c1cccc(Cl)c1Cl. The van der Waals surface area contributed by atoms with Crippen molar-refractivity contribution in [2.24, 2.45) is 0 Å².